The van der Waals surface area contributed by atoms with Gasteiger partial charge in [-0.2, -0.15) is 4.98 Å². The molecule has 0 unspecified atom stereocenters. The summed E-state index contributed by atoms with van der Waals surface area (Å²) < 4.78 is 5.40. The number of fused-ring (bicyclic) bond motifs is 1. The predicted octanol–water partition coefficient (Wildman–Crippen LogP) is 3.83. The number of anilines is 3. The zero-order valence-corrected chi connectivity index (χ0v) is 14.9. The SMILES string of the molecule is COc1ccccc1CCNc1nccc(N2CCc3ccccc32)n1. The average Bonchev–Trinajstić information content (AvgIpc) is 3.13. The third-order valence-electron chi connectivity index (χ3n) is 4.67. The van der Waals surface area contributed by atoms with Crippen molar-refractivity contribution in [3.8, 4) is 5.75 Å². The van der Waals surface area contributed by atoms with Crippen LogP contribution in [0.5, 0.6) is 5.75 Å². The van der Waals surface area contributed by atoms with Gasteiger partial charge in [0.25, 0.3) is 0 Å². The maximum Gasteiger partial charge on any atom is 0.224 e. The lowest BCUT2D eigenvalue weighted by atomic mass is 10.1. The van der Waals surface area contributed by atoms with Crippen LogP contribution >= 0.6 is 0 Å². The molecule has 0 fully saturated rings. The lowest BCUT2D eigenvalue weighted by Crippen LogP contribution is -2.16. The van der Waals surface area contributed by atoms with Gasteiger partial charge in [-0.15, -0.1) is 0 Å². The summed E-state index contributed by atoms with van der Waals surface area (Å²) in [5.74, 6) is 2.50. The van der Waals surface area contributed by atoms with Crippen molar-refractivity contribution in [3.63, 3.8) is 0 Å². The first kappa shape index (κ1) is 16.4. The summed E-state index contributed by atoms with van der Waals surface area (Å²) in [6.45, 7) is 1.71. The number of nitrogens with one attached hydrogen (secondary N) is 1. The molecule has 5 heteroatoms. The highest BCUT2D eigenvalue weighted by Gasteiger charge is 2.20. The van der Waals surface area contributed by atoms with E-state index < -0.39 is 0 Å². The highest BCUT2D eigenvalue weighted by atomic mass is 16.5. The Bertz CT molecular complexity index is 896. The van der Waals surface area contributed by atoms with Crippen LogP contribution in [0.3, 0.4) is 0 Å². The van der Waals surface area contributed by atoms with E-state index in [9.17, 15) is 0 Å². The molecule has 1 aliphatic rings. The van der Waals surface area contributed by atoms with E-state index in [0.717, 1.165) is 37.5 Å². The van der Waals surface area contributed by atoms with Gasteiger partial charge >= 0.3 is 0 Å². The standard InChI is InChI=1S/C21H22N4O/c1-26-19-9-5-3-7-17(19)10-13-22-21-23-14-11-20(24-21)25-15-12-16-6-2-4-8-18(16)25/h2-9,11,14H,10,12-13,15H2,1H3,(H,22,23,24). The molecule has 0 saturated carbocycles. The van der Waals surface area contributed by atoms with E-state index >= 15 is 0 Å². The van der Waals surface area contributed by atoms with E-state index in [2.05, 4.69) is 45.5 Å². The summed E-state index contributed by atoms with van der Waals surface area (Å²) in [6.07, 6.45) is 3.72. The van der Waals surface area contributed by atoms with E-state index in [-0.39, 0.29) is 0 Å². The van der Waals surface area contributed by atoms with Crippen molar-refractivity contribution in [2.24, 2.45) is 0 Å². The van der Waals surface area contributed by atoms with Gasteiger partial charge in [-0.3, -0.25) is 0 Å². The molecule has 0 aliphatic carbocycles. The fraction of sp³-hybridized carbons (Fsp3) is 0.238. The van der Waals surface area contributed by atoms with Gasteiger partial charge in [0.15, 0.2) is 0 Å². The summed E-state index contributed by atoms with van der Waals surface area (Å²) >= 11 is 0. The molecule has 1 aliphatic heterocycles. The topological polar surface area (TPSA) is 50.3 Å². The molecule has 0 spiro atoms. The third kappa shape index (κ3) is 3.33. The number of para-hydroxylation sites is 2. The summed E-state index contributed by atoms with van der Waals surface area (Å²) in [7, 11) is 1.70. The molecule has 0 saturated heterocycles. The second-order valence-electron chi connectivity index (χ2n) is 6.26. The van der Waals surface area contributed by atoms with E-state index in [1.54, 1.807) is 7.11 Å². The van der Waals surface area contributed by atoms with Crippen LogP contribution < -0.4 is 15.0 Å². The van der Waals surface area contributed by atoms with Crippen LogP contribution in [-0.2, 0) is 12.8 Å². The average molecular weight is 346 g/mol. The van der Waals surface area contributed by atoms with Gasteiger partial charge in [0.05, 0.1) is 7.11 Å². The van der Waals surface area contributed by atoms with Gasteiger partial charge in [-0.25, -0.2) is 4.98 Å². The quantitative estimate of drug-likeness (QED) is 0.735. The highest BCUT2D eigenvalue weighted by molar-refractivity contribution is 5.67. The number of aromatic nitrogens is 2. The van der Waals surface area contributed by atoms with Crippen LogP contribution in [0.2, 0.25) is 0 Å². The smallest absolute Gasteiger partial charge is 0.224 e. The summed E-state index contributed by atoms with van der Waals surface area (Å²) in [5.41, 5.74) is 3.79. The Morgan fingerprint density at radius 1 is 1.08 bits per heavy atom. The van der Waals surface area contributed by atoms with Gasteiger partial charge < -0.3 is 15.0 Å². The number of rotatable bonds is 6. The van der Waals surface area contributed by atoms with Crippen molar-refractivity contribution in [1.82, 2.24) is 9.97 Å². The predicted molar refractivity (Wildman–Crippen MR) is 104 cm³/mol. The molecule has 0 bridgehead atoms. The molecular weight excluding hydrogens is 324 g/mol. The number of hydrogen-bond acceptors (Lipinski definition) is 5. The Morgan fingerprint density at radius 3 is 2.85 bits per heavy atom. The normalized spacial score (nSPS) is 12.7. The molecule has 132 valence electrons. The molecule has 5 nitrogen and oxygen atoms in total. The molecule has 2 heterocycles. The molecule has 4 rings (SSSR count). The minimum absolute atomic E-state index is 0.654. The third-order valence-corrected chi connectivity index (χ3v) is 4.67. The monoisotopic (exact) mass is 346 g/mol. The van der Waals surface area contributed by atoms with E-state index in [1.165, 1.54) is 16.8 Å². The maximum absolute atomic E-state index is 5.40. The number of methoxy groups -OCH3 is 1. The molecule has 1 N–H and O–H groups in total. The van der Waals surface area contributed by atoms with Gasteiger partial charge in [-0.1, -0.05) is 36.4 Å². The second-order valence-corrected chi connectivity index (χ2v) is 6.26. The molecule has 26 heavy (non-hydrogen) atoms. The second kappa shape index (κ2) is 7.44. The molecule has 0 radical (unpaired) electrons. The molecule has 1 aromatic heterocycles. The Labute approximate surface area is 153 Å². The van der Waals surface area contributed by atoms with Gasteiger partial charge in [-0.05, 0) is 42.2 Å². The highest BCUT2D eigenvalue weighted by Crippen LogP contribution is 2.33. The minimum atomic E-state index is 0.654. The maximum atomic E-state index is 5.40. The van der Waals surface area contributed by atoms with Gasteiger partial charge in [0, 0.05) is 25.0 Å². The summed E-state index contributed by atoms with van der Waals surface area (Å²) in [6, 6.07) is 18.5. The minimum Gasteiger partial charge on any atom is -0.496 e. The lowest BCUT2D eigenvalue weighted by Gasteiger charge is -2.18. The Morgan fingerprint density at radius 2 is 1.92 bits per heavy atom. The first-order valence-corrected chi connectivity index (χ1v) is 8.89. The Balaban J connectivity index is 1.44. The number of benzene rings is 2. The van der Waals surface area contributed by atoms with Crippen LogP contribution in [-0.4, -0.2) is 30.2 Å². The van der Waals surface area contributed by atoms with Crippen molar-refractivity contribution in [1.29, 1.82) is 0 Å². The number of ether oxygens (including phenoxy) is 1. The van der Waals surface area contributed by atoms with E-state index in [1.807, 2.05) is 30.5 Å². The van der Waals surface area contributed by atoms with Gasteiger partial charge in [0.2, 0.25) is 5.95 Å². The van der Waals surface area contributed by atoms with Gasteiger partial charge in [0.1, 0.15) is 11.6 Å². The van der Waals surface area contributed by atoms with Crippen LogP contribution in [0, 0.1) is 0 Å². The number of nitrogens with zero attached hydrogens (tertiary/aromatic N) is 3. The first-order valence-electron chi connectivity index (χ1n) is 8.89. The summed E-state index contributed by atoms with van der Waals surface area (Å²) in [4.78, 5) is 11.3. The van der Waals surface area contributed by atoms with Crippen molar-refractivity contribution in [2.45, 2.75) is 12.8 Å². The molecule has 0 amide bonds. The largest absolute Gasteiger partial charge is 0.496 e. The zero-order chi connectivity index (χ0) is 17.8. The zero-order valence-electron chi connectivity index (χ0n) is 14.9. The fourth-order valence-corrected chi connectivity index (χ4v) is 3.38. The Kier molecular flexibility index (Phi) is 4.69. The van der Waals surface area contributed by atoms with E-state index in [4.69, 9.17) is 9.72 Å². The van der Waals surface area contributed by atoms with Crippen LogP contribution in [0.1, 0.15) is 11.1 Å². The molecule has 2 aromatic carbocycles. The first-order chi connectivity index (χ1) is 12.8. The van der Waals surface area contributed by atoms with Crippen molar-refractivity contribution >= 4 is 17.5 Å². The molecule has 0 atom stereocenters. The van der Waals surface area contributed by atoms with Crippen molar-refractivity contribution in [3.05, 3.63) is 71.9 Å². The van der Waals surface area contributed by atoms with Crippen molar-refractivity contribution in [2.75, 3.05) is 30.4 Å². The fourth-order valence-electron chi connectivity index (χ4n) is 3.38. The van der Waals surface area contributed by atoms with Crippen LogP contribution in [0.15, 0.2) is 60.8 Å². The van der Waals surface area contributed by atoms with Crippen molar-refractivity contribution < 1.29 is 4.74 Å². The van der Waals surface area contributed by atoms with E-state index in [0.29, 0.717) is 5.95 Å². The molecule has 3 aromatic rings. The van der Waals surface area contributed by atoms with Crippen LogP contribution in [0.4, 0.5) is 17.5 Å². The number of hydrogen-bond donors (Lipinski definition) is 1. The van der Waals surface area contributed by atoms with Crippen LogP contribution in [0.25, 0.3) is 0 Å². The lowest BCUT2D eigenvalue weighted by molar-refractivity contribution is 0.410. The summed E-state index contributed by atoms with van der Waals surface area (Å²) in [5, 5.41) is 3.33. The molecular formula is C21H22N4O. The Hall–Kier alpha value is -3.08.